The number of amides is 2. The minimum Gasteiger partial charge on any atom is -0.481 e. The van der Waals surface area contributed by atoms with Gasteiger partial charge in [0.2, 0.25) is 5.91 Å². The molecule has 6 heteroatoms. The van der Waals surface area contributed by atoms with Gasteiger partial charge in [-0.3, -0.25) is 14.4 Å². The summed E-state index contributed by atoms with van der Waals surface area (Å²) < 4.78 is 0. The standard InChI is InChI=1S/C17H24N2O4/c1-4-17(5-2,16(22)23)11-14(20)19-13-9-7-12(8-10-13)15(21)18-6-3/h7-10H,4-6,11H2,1-3H3,(H,18,21)(H,19,20)(H,22,23). The van der Waals surface area contributed by atoms with Crippen molar-refractivity contribution < 1.29 is 19.5 Å². The molecule has 1 aromatic carbocycles. The highest BCUT2D eigenvalue weighted by molar-refractivity contribution is 5.96. The Labute approximate surface area is 136 Å². The first-order valence-corrected chi connectivity index (χ1v) is 7.80. The number of aliphatic carboxylic acids is 1. The summed E-state index contributed by atoms with van der Waals surface area (Å²) in [5.74, 6) is -1.47. The van der Waals surface area contributed by atoms with Crippen LogP contribution in [-0.2, 0) is 9.59 Å². The fraction of sp³-hybridized carbons (Fsp3) is 0.471. The predicted molar refractivity (Wildman–Crippen MR) is 88.3 cm³/mol. The average Bonchev–Trinajstić information content (AvgIpc) is 2.53. The van der Waals surface area contributed by atoms with Gasteiger partial charge >= 0.3 is 5.97 Å². The highest BCUT2D eigenvalue weighted by Crippen LogP contribution is 2.31. The first-order valence-electron chi connectivity index (χ1n) is 7.80. The van der Waals surface area contributed by atoms with Crippen molar-refractivity contribution in [3.8, 4) is 0 Å². The monoisotopic (exact) mass is 320 g/mol. The molecule has 1 rings (SSSR count). The van der Waals surface area contributed by atoms with Gasteiger partial charge in [-0.15, -0.1) is 0 Å². The van der Waals surface area contributed by atoms with Crippen LogP contribution in [0.15, 0.2) is 24.3 Å². The molecule has 0 aliphatic carbocycles. The molecule has 126 valence electrons. The molecular weight excluding hydrogens is 296 g/mol. The number of anilines is 1. The number of rotatable bonds is 8. The minimum atomic E-state index is -1.04. The van der Waals surface area contributed by atoms with Gasteiger partial charge in [-0.2, -0.15) is 0 Å². The number of benzene rings is 1. The van der Waals surface area contributed by atoms with E-state index in [2.05, 4.69) is 10.6 Å². The summed E-state index contributed by atoms with van der Waals surface area (Å²) in [6, 6.07) is 6.49. The van der Waals surface area contributed by atoms with Crippen LogP contribution in [0.1, 0.15) is 50.4 Å². The van der Waals surface area contributed by atoms with E-state index in [0.717, 1.165) is 0 Å². The van der Waals surface area contributed by atoms with Gasteiger partial charge in [0.15, 0.2) is 0 Å². The zero-order valence-electron chi connectivity index (χ0n) is 13.8. The Bertz CT molecular complexity index is 562. The number of carbonyl (C=O) groups excluding carboxylic acids is 2. The van der Waals surface area contributed by atoms with Gasteiger partial charge in [0.25, 0.3) is 5.91 Å². The molecule has 0 bridgehead atoms. The molecule has 23 heavy (non-hydrogen) atoms. The summed E-state index contributed by atoms with van der Waals surface area (Å²) in [5, 5.41) is 14.7. The van der Waals surface area contributed by atoms with E-state index in [1.807, 2.05) is 6.92 Å². The molecule has 0 heterocycles. The fourth-order valence-corrected chi connectivity index (χ4v) is 2.36. The lowest BCUT2D eigenvalue weighted by molar-refractivity contribution is -0.151. The third-order valence-corrected chi connectivity index (χ3v) is 4.07. The van der Waals surface area contributed by atoms with E-state index in [-0.39, 0.29) is 18.2 Å². The van der Waals surface area contributed by atoms with E-state index in [0.29, 0.717) is 30.6 Å². The summed E-state index contributed by atoms with van der Waals surface area (Å²) in [4.78, 5) is 35.2. The Morgan fingerprint density at radius 3 is 2.04 bits per heavy atom. The lowest BCUT2D eigenvalue weighted by atomic mass is 9.79. The quantitative estimate of drug-likeness (QED) is 0.686. The van der Waals surface area contributed by atoms with Crippen LogP contribution in [0.3, 0.4) is 0 Å². The molecule has 3 N–H and O–H groups in total. The Hall–Kier alpha value is -2.37. The van der Waals surface area contributed by atoms with Crippen molar-refractivity contribution in [2.24, 2.45) is 5.41 Å². The van der Waals surface area contributed by atoms with Gasteiger partial charge in [-0.1, -0.05) is 13.8 Å². The summed E-state index contributed by atoms with van der Waals surface area (Å²) in [6.07, 6.45) is 0.707. The lowest BCUT2D eigenvalue weighted by Crippen LogP contribution is -2.34. The van der Waals surface area contributed by atoms with Crippen molar-refractivity contribution in [1.29, 1.82) is 0 Å². The topological polar surface area (TPSA) is 95.5 Å². The molecule has 0 atom stereocenters. The van der Waals surface area contributed by atoms with E-state index in [1.54, 1.807) is 38.1 Å². The molecule has 0 aliphatic rings. The molecule has 0 aromatic heterocycles. The minimum absolute atomic E-state index is 0.0760. The van der Waals surface area contributed by atoms with Crippen LogP contribution in [0.25, 0.3) is 0 Å². The largest absolute Gasteiger partial charge is 0.481 e. The molecule has 0 unspecified atom stereocenters. The van der Waals surface area contributed by atoms with Crippen molar-refractivity contribution >= 4 is 23.5 Å². The molecule has 0 aliphatic heterocycles. The van der Waals surface area contributed by atoms with Crippen LogP contribution >= 0.6 is 0 Å². The van der Waals surface area contributed by atoms with Gasteiger partial charge < -0.3 is 15.7 Å². The number of nitrogens with one attached hydrogen (secondary N) is 2. The number of carbonyl (C=O) groups is 3. The molecule has 0 saturated carbocycles. The number of carboxylic acid groups (broad SMARTS) is 1. The van der Waals surface area contributed by atoms with Crippen molar-refractivity contribution in [2.75, 3.05) is 11.9 Å². The Morgan fingerprint density at radius 2 is 1.61 bits per heavy atom. The van der Waals surface area contributed by atoms with Gasteiger partial charge in [0, 0.05) is 24.2 Å². The second-order valence-electron chi connectivity index (χ2n) is 5.45. The molecule has 0 spiro atoms. The predicted octanol–water partition coefficient (Wildman–Crippen LogP) is 2.66. The van der Waals surface area contributed by atoms with E-state index in [9.17, 15) is 19.5 Å². The SMILES string of the molecule is CCNC(=O)c1ccc(NC(=O)CC(CC)(CC)C(=O)O)cc1. The zero-order valence-corrected chi connectivity index (χ0v) is 13.8. The van der Waals surface area contributed by atoms with Crippen molar-refractivity contribution in [3.05, 3.63) is 29.8 Å². The van der Waals surface area contributed by atoms with Crippen LogP contribution < -0.4 is 10.6 Å². The Kier molecular flexibility index (Phi) is 6.75. The maximum absolute atomic E-state index is 12.1. The maximum Gasteiger partial charge on any atom is 0.310 e. The lowest BCUT2D eigenvalue weighted by Gasteiger charge is -2.25. The highest BCUT2D eigenvalue weighted by atomic mass is 16.4. The summed E-state index contributed by atoms with van der Waals surface area (Å²) in [6.45, 7) is 5.92. The van der Waals surface area contributed by atoms with Crippen LogP contribution in [0, 0.1) is 5.41 Å². The third-order valence-electron chi connectivity index (χ3n) is 4.07. The number of hydrogen-bond acceptors (Lipinski definition) is 3. The average molecular weight is 320 g/mol. The summed E-state index contributed by atoms with van der Waals surface area (Å²) in [5.41, 5.74) is 0.00628. The highest BCUT2D eigenvalue weighted by Gasteiger charge is 2.37. The van der Waals surface area contributed by atoms with E-state index in [1.165, 1.54) is 0 Å². The van der Waals surface area contributed by atoms with Gasteiger partial charge in [-0.25, -0.2) is 0 Å². The van der Waals surface area contributed by atoms with Gasteiger partial charge in [0.05, 0.1) is 5.41 Å². The van der Waals surface area contributed by atoms with Crippen LogP contribution in [0.5, 0.6) is 0 Å². The summed E-state index contributed by atoms with van der Waals surface area (Å²) >= 11 is 0. The third kappa shape index (κ3) is 4.81. The molecule has 0 saturated heterocycles. The first-order chi connectivity index (χ1) is 10.9. The molecule has 6 nitrogen and oxygen atoms in total. The molecule has 2 amide bonds. The maximum atomic E-state index is 12.1. The molecule has 0 radical (unpaired) electrons. The first kappa shape index (κ1) is 18.7. The molecular formula is C17H24N2O4. The van der Waals surface area contributed by atoms with E-state index < -0.39 is 11.4 Å². The van der Waals surface area contributed by atoms with Crippen molar-refractivity contribution in [3.63, 3.8) is 0 Å². The van der Waals surface area contributed by atoms with Crippen LogP contribution in [-0.4, -0.2) is 29.4 Å². The van der Waals surface area contributed by atoms with Crippen molar-refractivity contribution in [2.45, 2.75) is 40.0 Å². The Morgan fingerprint density at radius 1 is 1.04 bits per heavy atom. The van der Waals surface area contributed by atoms with Crippen molar-refractivity contribution in [1.82, 2.24) is 5.32 Å². The second-order valence-corrected chi connectivity index (χ2v) is 5.45. The Balaban J connectivity index is 2.74. The van der Waals surface area contributed by atoms with Gasteiger partial charge in [0.1, 0.15) is 0 Å². The van der Waals surface area contributed by atoms with Crippen LogP contribution in [0.4, 0.5) is 5.69 Å². The normalized spacial score (nSPS) is 10.9. The number of carboxylic acids is 1. The fourth-order valence-electron chi connectivity index (χ4n) is 2.36. The van der Waals surface area contributed by atoms with E-state index >= 15 is 0 Å². The number of hydrogen-bond donors (Lipinski definition) is 3. The smallest absolute Gasteiger partial charge is 0.310 e. The van der Waals surface area contributed by atoms with Crippen LogP contribution in [0.2, 0.25) is 0 Å². The zero-order chi connectivity index (χ0) is 17.5. The molecule has 1 aromatic rings. The van der Waals surface area contributed by atoms with Gasteiger partial charge in [-0.05, 0) is 44.0 Å². The second kappa shape index (κ2) is 8.31. The van der Waals surface area contributed by atoms with E-state index in [4.69, 9.17) is 0 Å². The molecule has 0 fully saturated rings. The summed E-state index contributed by atoms with van der Waals surface area (Å²) in [7, 11) is 0.